The van der Waals surface area contributed by atoms with Crippen molar-refractivity contribution in [3.63, 3.8) is 0 Å². The Morgan fingerprint density at radius 2 is 2.09 bits per heavy atom. The molecule has 2 rings (SSSR count). The van der Waals surface area contributed by atoms with Crippen LogP contribution in [-0.4, -0.2) is 9.94 Å². The van der Waals surface area contributed by atoms with Gasteiger partial charge < -0.3 is 5.21 Å². The Labute approximate surface area is 64.6 Å². The van der Waals surface area contributed by atoms with E-state index in [0.29, 0.717) is 0 Å². The summed E-state index contributed by atoms with van der Waals surface area (Å²) in [5.74, 6) is 0. The van der Waals surface area contributed by atoms with Crippen LogP contribution in [0.4, 0.5) is 0 Å². The van der Waals surface area contributed by atoms with Crippen LogP contribution in [0.2, 0.25) is 0 Å². The first-order valence-corrected chi connectivity index (χ1v) is 3.54. The molecule has 1 N–H and O–H groups in total. The highest BCUT2D eigenvalue weighted by Gasteiger charge is 1.97. The predicted molar refractivity (Wildman–Crippen MR) is 43.9 cm³/mol. The summed E-state index contributed by atoms with van der Waals surface area (Å²) < 4.78 is 1.13. The number of hydrogen-bond donors (Lipinski definition) is 1. The van der Waals surface area contributed by atoms with E-state index in [2.05, 4.69) is 0 Å². The highest BCUT2D eigenvalue weighted by atomic mass is 16.5. The van der Waals surface area contributed by atoms with Crippen molar-refractivity contribution in [2.24, 2.45) is 0 Å². The number of aromatic nitrogens is 1. The fourth-order valence-corrected chi connectivity index (χ4v) is 1.25. The van der Waals surface area contributed by atoms with Gasteiger partial charge >= 0.3 is 0 Å². The lowest BCUT2D eigenvalue weighted by atomic mass is 10.2. The van der Waals surface area contributed by atoms with Gasteiger partial charge in [-0.15, -0.1) is 0 Å². The van der Waals surface area contributed by atoms with Crippen molar-refractivity contribution in [3.05, 3.63) is 36.0 Å². The van der Waals surface area contributed by atoms with Crippen LogP contribution < -0.4 is 0 Å². The van der Waals surface area contributed by atoms with Crippen molar-refractivity contribution in [1.82, 2.24) is 4.73 Å². The molecule has 0 unspecified atom stereocenters. The maximum atomic E-state index is 9.22. The molecular formula is C9H9NO. The van der Waals surface area contributed by atoms with Crippen LogP contribution in [-0.2, 0) is 0 Å². The molecule has 2 aromatic rings. The van der Waals surface area contributed by atoms with Crippen LogP contribution in [0.1, 0.15) is 5.56 Å². The molecule has 0 amide bonds. The average molecular weight is 147 g/mol. The molecule has 1 aromatic heterocycles. The van der Waals surface area contributed by atoms with Crippen LogP contribution in [0.5, 0.6) is 0 Å². The molecule has 1 heterocycles. The van der Waals surface area contributed by atoms with E-state index in [1.54, 1.807) is 6.20 Å². The Kier molecular flexibility index (Phi) is 1.15. The van der Waals surface area contributed by atoms with E-state index in [9.17, 15) is 5.21 Å². The largest absolute Gasteiger partial charge is 0.428 e. The van der Waals surface area contributed by atoms with Gasteiger partial charge in [0.2, 0.25) is 0 Å². The minimum Gasteiger partial charge on any atom is -0.428 e. The smallest absolute Gasteiger partial charge is 0.0865 e. The first-order valence-electron chi connectivity index (χ1n) is 3.54. The molecular weight excluding hydrogens is 138 g/mol. The zero-order chi connectivity index (χ0) is 7.84. The standard InChI is InChI=1S/C9H9NO/c1-7-2-3-9-8(6-7)4-5-10(9)11/h2-6,11H,1H3. The normalized spacial score (nSPS) is 10.6. The lowest BCUT2D eigenvalue weighted by Crippen LogP contribution is -1.84. The van der Waals surface area contributed by atoms with Gasteiger partial charge in [-0.2, -0.15) is 4.73 Å². The number of rotatable bonds is 0. The van der Waals surface area contributed by atoms with Crippen molar-refractivity contribution in [3.8, 4) is 0 Å². The predicted octanol–water partition coefficient (Wildman–Crippen LogP) is 2.19. The zero-order valence-corrected chi connectivity index (χ0v) is 6.28. The number of hydrogen-bond acceptors (Lipinski definition) is 1. The molecule has 2 nitrogen and oxygen atoms in total. The molecule has 2 heteroatoms. The maximum Gasteiger partial charge on any atom is 0.0865 e. The van der Waals surface area contributed by atoms with Crippen LogP contribution >= 0.6 is 0 Å². The number of fused-ring (bicyclic) bond motifs is 1. The van der Waals surface area contributed by atoms with Gasteiger partial charge in [-0.25, -0.2) is 0 Å². The van der Waals surface area contributed by atoms with Gasteiger partial charge in [-0.3, -0.25) is 0 Å². The molecule has 1 aromatic carbocycles. The molecule has 0 bridgehead atoms. The van der Waals surface area contributed by atoms with Crippen molar-refractivity contribution < 1.29 is 5.21 Å². The van der Waals surface area contributed by atoms with E-state index in [0.717, 1.165) is 15.6 Å². The molecule has 0 spiro atoms. The van der Waals surface area contributed by atoms with E-state index >= 15 is 0 Å². The molecule has 0 aliphatic rings. The maximum absolute atomic E-state index is 9.22. The van der Waals surface area contributed by atoms with Crippen LogP contribution in [0.15, 0.2) is 30.5 Å². The third-order valence-corrected chi connectivity index (χ3v) is 1.83. The molecule has 0 aliphatic carbocycles. The van der Waals surface area contributed by atoms with E-state index in [-0.39, 0.29) is 0 Å². The summed E-state index contributed by atoms with van der Waals surface area (Å²) in [7, 11) is 0. The van der Waals surface area contributed by atoms with Crippen LogP contribution in [0, 0.1) is 6.92 Å². The zero-order valence-electron chi connectivity index (χ0n) is 6.28. The summed E-state index contributed by atoms with van der Waals surface area (Å²) in [6, 6.07) is 7.82. The summed E-state index contributed by atoms with van der Waals surface area (Å²) >= 11 is 0. The molecule has 0 radical (unpaired) electrons. The monoisotopic (exact) mass is 147 g/mol. The Hall–Kier alpha value is -1.44. The van der Waals surface area contributed by atoms with Gasteiger partial charge in [-0.1, -0.05) is 11.6 Å². The molecule has 0 aliphatic heterocycles. The molecule has 56 valence electrons. The molecule has 0 saturated carbocycles. The quantitative estimate of drug-likeness (QED) is 0.568. The first kappa shape index (κ1) is 6.28. The molecule has 0 atom stereocenters. The van der Waals surface area contributed by atoms with E-state index in [4.69, 9.17) is 0 Å². The van der Waals surface area contributed by atoms with Crippen molar-refractivity contribution in [2.75, 3.05) is 0 Å². The SMILES string of the molecule is Cc1ccc2c(ccn2O)c1. The lowest BCUT2D eigenvalue weighted by molar-refractivity contribution is 0.200. The summed E-state index contributed by atoms with van der Waals surface area (Å²) in [4.78, 5) is 0. The molecule has 11 heavy (non-hydrogen) atoms. The van der Waals surface area contributed by atoms with E-state index in [1.165, 1.54) is 5.56 Å². The topological polar surface area (TPSA) is 25.2 Å². The van der Waals surface area contributed by atoms with Gasteiger partial charge in [0.25, 0.3) is 0 Å². The Balaban J connectivity index is 2.86. The fraction of sp³-hybridized carbons (Fsp3) is 0.111. The summed E-state index contributed by atoms with van der Waals surface area (Å²) in [6.45, 7) is 2.04. The minimum absolute atomic E-state index is 0.857. The van der Waals surface area contributed by atoms with Crippen molar-refractivity contribution in [2.45, 2.75) is 6.92 Å². The Bertz CT molecular complexity index is 389. The molecule has 0 fully saturated rings. The Morgan fingerprint density at radius 1 is 1.27 bits per heavy atom. The number of nitrogens with zero attached hydrogens (tertiary/aromatic N) is 1. The molecule has 0 saturated heterocycles. The average Bonchev–Trinajstić information content (AvgIpc) is 2.32. The van der Waals surface area contributed by atoms with Crippen molar-refractivity contribution in [1.29, 1.82) is 0 Å². The van der Waals surface area contributed by atoms with Gasteiger partial charge in [0.15, 0.2) is 0 Å². The Morgan fingerprint density at radius 3 is 2.91 bits per heavy atom. The lowest BCUT2D eigenvalue weighted by Gasteiger charge is -1.94. The second-order valence-electron chi connectivity index (χ2n) is 2.72. The number of aryl methyl sites for hydroxylation is 1. The number of benzene rings is 1. The third-order valence-electron chi connectivity index (χ3n) is 1.83. The van der Waals surface area contributed by atoms with Gasteiger partial charge in [-0.05, 0) is 25.1 Å². The second kappa shape index (κ2) is 2.02. The van der Waals surface area contributed by atoms with Crippen LogP contribution in [0.3, 0.4) is 0 Å². The van der Waals surface area contributed by atoms with Gasteiger partial charge in [0.1, 0.15) is 0 Å². The first-order chi connectivity index (χ1) is 5.27. The van der Waals surface area contributed by atoms with Gasteiger partial charge in [0, 0.05) is 11.6 Å². The summed E-state index contributed by atoms with van der Waals surface area (Å²) in [6.07, 6.45) is 1.64. The van der Waals surface area contributed by atoms with Gasteiger partial charge in [0.05, 0.1) is 5.52 Å². The third kappa shape index (κ3) is 0.871. The van der Waals surface area contributed by atoms with Crippen molar-refractivity contribution >= 4 is 10.9 Å². The summed E-state index contributed by atoms with van der Waals surface area (Å²) in [5.41, 5.74) is 2.07. The highest BCUT2D eigenvalue weighted by molar-refractivity contribution is 5.80. The second-order valence-corrected chi connectivity index (χ2v) is 2.72. The summed E-state index contributed by atoms with van der Waals surface area (Å²) in [5, 5.41) is 10.3. The van der Waals surface area contributed by atoms with Crippen LogP contribution in [0.25, 0.3) is 10.9 Å². The highest BCUT2D eigenvalue weighted by Crippen LogP contribution is 2.15. The minimum atomic E-state index is 0.857. The van der Waals surface area contributed by atoms with E-state index < -0.39 is 0 Å². The van der Waals surface area contributed by atoms with E-state index in [1.807, 2.05) is 31.2 Å². The fourth-order valence-electron chi connectivity index (χ4n) is 1.25.